The van der Waals surface area contributed by atoms with Crippen LogP contribution >= 0.6 is 0 Å². The molecule has 0 amide bonds. The van der Waals surface area contributed by atoms with Crippen molar-refractivity contribution in [2.45, 2.75) is 5.41 Å². The number of anilines is 3. The Hall–Kier alpha value is -8.72. The Bertz CT molecular complexity index is 3790. The van der Waals surface area contributed by atoms with Gasteiger partial charge >= 0.3 is 0 Å². The lowest BCUT2D eigenvalue weighted by Crippen LogP contribution is -2.29. The third-order valence-corrected chi connectivity index (χ3v) is 14.5. The lowest BCUT2D eigenvalue weighted by atomic mass is 9.65. The standard InChI is InChI=1S/C65H41NO/c1-2-17-42(18-3-1)43-33-36-45(37-34-43)66(61-31-16-28-54-50-23-8-7-22-49(50)53-26-12-15-32-62(53)67-64(54)61)46-38-40-59-56(41-46)51-24-9-6-21-48(51)52-25-10-13-29-57(52)65(59)58-30-14-11-27-55(58)63-47-20-5-4-19-44(47)35-39-60(63)65/h1-41H. The number of hydrogen-bond acceptors (Lipinski definition) is 2. The smallest absolute Gasteiger partial charge is 0.159 e. The molecule has 2 aliphatic carbocycles. The average molecular weight is 852 g/mol. The van der Waals surface area contributed by atoms with Crippen molar-refractivity contribution < 1.29 is 4.74 Å². The van der Waals surface area contributed by atoms with E-state index in [0.29, 0.717) is 0 Å². The van der Waals surface area contributed by atoms with Crippen LogP contribution in [0, 0.1) is 0 Å². The van der Waals surface area contributed by atoms with Crippen molar-refractivity contribution in [1.82, 2.24) is 0 Å². The third kappa shape index (κ3) is 5.45. The second-order valence-corrected chi connectivity index (χ2v) is 17.9. The molecule has 3 aliphatic rings. The van der Waals surface area contributed by atoms with E-state index in [0.717, 1.165) is 56.4 Å². The molecule has 1 heterocycles. The normalized spacial score (nSPS) is 14.4. The lowest BCUT2D eigenvalue weighted by molar-refractivity contribution is 0.489. The molecule has 312 valence electrons. The highest BCUT2D eigenvalue weighted by atomic mass is 16.5. The summed E-state index contributed by atoms with van der Waals surface area (Å²) in [6, 6.07) is 91.4. The summed E-state index contributed by atoms with van der Waals surface area (Å²) in [6.45, 7) is 0. The second kappa shape index (κ2) is 14.7. The molecule has 14 rings (SSSR count). The minimum absolute atomic E-state index is 0.609. The summed E-state index contributed by atoms with van der Waals surface area (Å²) in [4.78, 5) is 2.40. The van der Waals surface area contributed by atoms with Crippen molar-refractivity contribution in [3.63, 3.8) is 0 Å². The summed E-state index contributed by atoms with van der Waals surface area (Å²) in [6.07, 6.45) is 0. The molecule has 1 atom stereocenters. The van der Waals surface area contributed by atoms with E-state index in [-0.39, 0.29) is 0 Å². The molecule has 67 heavy (non-hydrogen) atoms. The van der Waals surface area contributed by atoms with Crippen LogP contribution in [0.2, 0.25) is 0 Å². The van der Waals surface area contributed by atoms with Gasteiger partial charge < -0.3 is 9.64 Å². The van der Waals surface area contributed by atoms with Crippen molar-refractivity contribution in [2.24, 2.45) is 0 Å². The van der Waals surface area contributed by atoms with Crippen molar-refractivity contribution in [1.29, 1.82) is 0 Å². The first-order valence-electron chi connectivity index (χ1n) is 23.2. The van der Waals surface area contributed by atoms with Crippen molar-refractivity contribution in [2.75, 3.05) is 4.90 Å². The van der Waals surface area contributed by atoms with Gasteiger partial charge in [0, 0.05) is 22.5 Å². The first-order valence-corrected chi connectivity index (χ1v) is 23.2. The zero-order valence-electron chi connectivity index (χ0n) is 36.5. The molecule has 0 saturated carbocycles. The molecule has 2 nitrogen and oxygen atoms in total. The van der Waals surface area contributed by atoms with Crippen molar-refractivity contribution >= 4 is 27.8 Å². The Morgan fingerprint density at radius 2 is 0.836 bits per heavy atom. The average Bonchev–Trinajstić information content (AvgIpc) is 3.55. The summed E-state index contributed by atoms with van der Waals surface area (Å²) in [5.74, 6) is 1.65. The maximum Gasteiger partial charge on any atom is 0.159 e. The Morgan fingerprint density at radius 3 is 1.61 bits per heavy atom. The fraction of sp³-hybridized carbons (Fsp3) is 0.0154. The number of benzene rings is 11. The van der Waals surface area contributed by atoms with Gasteiger partial charge in [-0.25, -0.2) is 0 Å². The van der Waals surface area contributed by atoms with Gasteiger partial charge in [0.1, 0.15) is 5.75 Å². The minimum Gasteiger partial charge on any atom is -0.454 e. The van der Waals surface area contributed by atoms with Gasteiger partial charge in [-0.3, -0.25) is 0 Å². The molecule has 0 bridgehead atoms. The lowest BCUT2D eigenvalue weighted by Gasteiger charge is -2.36. The van der Waals surface area contributed by atoms with Crippen LogP contribution < -0.4 is 9.64 Å². The molecule has 11 aromatic carbocycles. The van der Waals surface area contributed by atoms with Gasteiger partial charge in [0.25, 0.3) is 0 Å². The molecular formula is C65H41NO. The number of rotatable bonds is 4. The predicted molar refractivity (Wildman–Crippen MR) is 277 cm³/mol. The molecule has 2 heteroatoms. The molecule has 0 fully saturated rings. The van der Waals surface area contributed by atoms with E-state index >= 15 is 0 Å². The zero-order valence-corrected chi connectivity index (χ0v) is 36.5. The minimum atomic E-state index is -0.609. The molecular weight excluding hydrogens is 811 g/mol. The summed E-state index contributed by atoms with van der Waals surface area (Å²) in [7, 11) is 0. The molecule has 1 unspecified atom stereocenters. The van der Waals surface area contributed by atoms with E-state index in [4.69, 9.17) is 4.74 Å². The maximum absolute atomic E-state index is 7.21. The van der Waals surface area contributed by atoms with Gasteiger partial charge in [-0.05, 0) is 125 Å². The Balaban J connectivity index is 1.07. The van der Waals surface area contributed by atoms with E-state index in [1.165, 1.54) is 72.0 Å². The second-order valence-electron chi connectivity index (χ2n) is 17.9. The molecule has 1 spiro atoms. The first kappa shape index (κ1) is 37.6. The molecule has 0 N–H and O–H groups in total. The summed E-state index contributed by atoms with van der Waals surface area (Å²) < 4.78 is 7.21. The number of ether oxygens (including phenoxy) is 1. The summed E-state index contributed by atoms with van der Waals surface area (Å²) >= 11 is 0. The van der Waals surface area contributed by atoms with Crippen LogP contribution in [0.15, 0.2) is 249 Å². The molecule has 0 saturated heterocycles. The van der Waals surface area contributed by atoms with Crippen molar-refractivity contribution in [3.8, 4) is 78.3 Å². The Labute approximate surface area is 390 Å². The van der Waals surface area contributed by atoms with Gasteiger partial charge in [0.15, 0.2) is 5.75 Å². The number of hydrogen-bond donors (Lipinski definition) is 0. The monoisotopic (exact) mass is 851 g/mol. The highest BCUT2D eigenvalue weighted by Crippen LogP contribution is 2.63. The van der Waals surface area contributed by atoms with Crippen molar-refractivity contribution in [3.05, 3.63) is 271 Å². The number of para-hydroxylation sites is 2. The van der Waals surface area contributed by atoms with E-state index in [2.05, 4.69) is 254 Å². The van der Waals surface area contributed by atoms with Gasteiger partial charge in [0.2, 0.25) is 0 Å². The largest absolute Gasteiger partial charge is 0.454 e. The topological polar surface area (TPSA) is 12.5 Å². The van der Waals surface area contributed by atoms with Gasteiger partial charge in [-0.15, -0.1) is 0 Å². The van der Waals surface area contributed by atoms with Crippen LogP contribution in [0.25, 0.3) is 77.5 Å². The fourth-order valence-electron chi connectivity index (χ4n) is 11.7. The van der Waals surface area contributed by atoms with Crippen LogP contribution in [-0.4, -0.2) is 0 Å². The molecule has 1 aliphatic heterocycles. The highest BCUT2D eigenvalue weighted by molar-refractivity contribution is 6.07. The molecule has 0 radical (unpaired) electrons. The van der Waals surface area contributed by atoms with Crippen LogP contribution in [0.4, 0.5) is 17.1 Å². The Kier molecular flexibility index (Phi) is 8.23. The predicted octanol–water partition coefficient (Wildman–Crippen LogP) is 17.4. The fourth-order valence-corrected chi connectivity index (χ4v) is 11.7. The van der Waals surface area contributed by atoms with Crippen LogP contribution in [-0.2, 0) is 5.41 Å². The van der Waals surface area contributed by atoms with Crippen LogP contribution in [0.1, 0.15) is 22.3 Å². The highest BCUT2D eigenvalue weighted by Gasteiger charge is 2.50. The maximum atomic E-state index is 7.21. The van der Waals surface area contributed by atoms with E-state index < -0.39 is 5.41 Å². The van der Waals surface area contributed by atoms with Gasteiger partial charge in [-0.2, -0.15) is 0 Å². The van der Waals surface area contributed by atoms with Gasteiger partial charge in [0.05, 0.1) is 11.1 Å². The summed E-state index contributed by atoms with van der Waals surface area (Å²) in [5, 5.41) is 2.53. The van der Waals surface area contributed by atoms with Crippen LogP contribution in [0.5, 0.6) is 11.5 Å². The number of fused-ring (bicyclic) bond motifs is 19. The molecule has 11 aromatic rings. The molecule has 0 aromatic heterocycles. The van der Waals surface area contributed by atoms with E-state index in [1.54, 1.807) is 0 Å². The number of nitrogens with zero attached hydrogens (tertiary/aromatic N) is 1. The third-order valence-electron chi connectivity index (χ3n) is 14.5. The SMILES string of the molecule is c1ccc(-c2ccc(N(c3ccc4c(c3)-c3ccccc3-c3ccccc3C43c4ccccc4-c4c3ccc3ccccc43)c3cccc4c3Oc3ccccc3-c3ccccc3-4)cc2)cc1. The van der Waals surface area contributed by atoms with Crippen LogP contribution in [0.3, 0.4) is 0 Å². The first-order chi connectivity index (χ1) is 33.3. The quantitative estimate of drug-likeness (QED) is 0.175. The van der Waals surface area contributed by atoms with Gasteiger partial charge in [-0.1, -0.05) is 212 Å². The summed E-state index contributed by atoms with van der Waals surface area (Å²) in [5.41, 5.74) is 21.9. The Morgan fingerprint density at radius 1 is 0.313 bits per heavy atom. The zero-order chi connectivity index (χ0) is 44.1. The van der Waals surface area contributed by atoms with E-state index in [9.17, 15) is 0 Å². The van der Waals surface area contributed by atoms with E-state index in [1.807, 2.05) is 0 Å².